The zero-order chi connectivity index (χ0) is 11.5. The second-order valence-electron chi connectivity index (χ2n) is 5.12. The van der Waals surface area contributed by atoms with E-state index >= 15 is 0 Å². The Morgan fingerprint density at radius 1 is 1.38 bits per heavy atom. The van der Waals surface area contributed by atoms with Gasteiger partial charge in [-0.05, 0) is 55.0 Å². The van der Waals surface area contributed by atoms with Gasteiger partial charge >= 0.3 is 0 Å². The molecule has 1 aromatic carbocycles. The van der Waals surface area contributed by atoms with E-state index in [4.69, 9.17) is 0 Å². The van der Waals surface area contributed by atoms with E-state index in [2.05, 4.69) is 25.2 Å². The van der Waals surface area contributed by atoms with Gasteiger partial charge in [0.15, 0.2) is 0 Å². The molecule has 0 bridgehead atoms. The fraction of sp³-hybridized carbons (Fsp3) is 0.571. The van der Waals surface area contributed by atoms with Crippen LogP contribution in [0.3, 0.4) is 0 Å². The summed E-state index contributed by atoms with van der Waals surface area (Å²) in [5.41, 5.74) is 2.75. The topological polar surface area (TPSA) is 32.3 Å². The van der Waals surface area contributed by atoms with E-state index in [0.29, 0.717) is 11.8 Å². The third-order valence-corrected chi connectivity index (χ3v) is 3.34. The molecule has 16 heavy (non-hydrogen) atoms. The lowest BCUT2D eigenvalue weighted by Crippen LogP contribution is -2.31. The summed E-state index contributed by atoms with van der Waals surface area (Å²) in [5, 5.41) is 12.9. The van der Waals surface area contributed by atoms with Gasteiger partial charge < -0.3 is 10.4 Å². The summed E-state index contributed by atoms with van der Waals surface area (Å²) in [7, 11) is 0. The lowest BCUT2D eigenvalue weighted by molar-refractivity contribution is 0.405. The van der Waals surface area contributed by atoms with Gasteiger partial charge in [0.1, 0.15) is 5.75 Å². The van der Waals surface area contributed by atoms with E-state index in [1.807, 2.05) is 6.07 Å². The molecule has 1 atom stereocenters. The Morgan fingerprint density at radius 2 is 2.19 bits per heavy atom. The van der Waals surface area contributed by atoms with Gasteiger partial charge in [-0.1, -0.05) is 19.9 Å². The minimum absolute atomic E-state index is 0.400. The summed E-state index contributed by atoms with van der Waals surface area (Å²) in [6.07, 6.45) is 3.49. The molecule has 2 rings (SSSR count). The first-order chi connectivity index (χ1) is 7.65. The summed E-state index contributed by atoms with van der Waals surface area (Å²) < 4.78 is 0. The molecule has 0 heterocycles. The Balaban J connectivity index is 1.98. The Bertz CT molecular complexity index is 360. The predicted molar refractivity (Wildman–Crippen MR) is 66.8 cm³/mol. The van der Waals surface area contributed by atoms with Crippen molar-refractivity contribution in [1.82, 2.24) is 5.32 Å². The van der Waals surface area contributed by atoms with Crippen molar-refractivity contribution in [3.8, 4) is 5.75 Å². The number of rotatable bonds is 3. The van der Waals surface area contributed by atoms with Crippen molar-refractivity contribution in [3.05, 3.63) is 29.3 Å². The summed E-state index contributed by atoms with van der Waals surface area (Å²) in [6.45, 7) is 5.49. The number of aromatic hydroxyl groups is 1. The molecule has 2 nitrogen and oxygen atoms in total. The normalized spacial score (nSPS) is 19.8. The van der Waals surface area contributed by atoms with Gasteiger partial charge in [-0.15, -0.1) is 0 Å². The van der Waals surface area contributed by atoms with Crippen LogP contribution in [0.2, 0.25) is 0 Å². The number of hydrogen-bond donors (Lipinski definition) is 2. The lowest BCUT2D eigenvalue weighted by atomic mass is 9.83. The van der Waals surface area contributed by atoms with Gasteiger partial charge in [-0.2, -0.15) is 0 Å². The molecule has 0 spiro atoms. The van der Waals surface area contributed by atoms with Gasteiger partial charge in [-0.3, -0.25) is 0 Å². The summed E-state index contributed by atoms with van der Waals surface area (Å²) >= 11 is 0. The summed E-state index contributed by atoms with van der Waals surface area (Å²) in [5.74, 6) is 1.15. The highest BCUT2D eigenvalue weighted by atomic mass is 16.3. The van der Waals surface area contributed by atoms with Crippen LogP contribution in [0.15, 0.2) is 18.2 Å². The van der Waals surface area contributed by atoms with Crippen LogP contribution in [0.1, 0.15) is 31.4 Å². The maximum atomic E-state index is 9.42. The zero-order valence-corrected chi connectivity index (χ0v) is 10.2. The lowest BCUT2D eigenvalue weighted by Gasteiger charge is -2.25. The minimum atomic E-state index is 0.400. The van der Waals surface area contributed by atoms with E-state index in [9.17, 15) is 5.11 Å². The first kappa shape index (κ1) is 11.5. The molecule has 1 aliphatic rings. The van der Waals surface area contributed by atoms with Crippen molar-refractivity contribution in [3.63, 3.8) is 0 Å². The maximum absolute atomic E-state index is 9.42. The van der Waals surface area contributed by atoms with E-state index in [-0.39, 0.29) is 0 Å². The number of nitrogens with one attached hydrogen (secondary N) is 1. The number of phenols is 1. The van der Waals surface area contributed by atoms with Gasteiger partial charge in [0.25, 0.3) is 0 Å². The van der Waals surface area contributed by atoms with Crippen molar-refractivity contribution in [1.29, 1.82) is 0 Å². The molecule has 0 fully saturated rings. The molecule has 2 N–H and O–H groups in total. The molecule has 0 aromatic heterocycles. The van der Waals surface area contributed by atoms with Gasteiger partial charge in [0.05, 0.1) is 0 Å². The molecule has 1 unspecified atom stereocenters. The summed E-state index contributed by atoms with van der Waals surface area (Å²) in [6, 6.07) is 6.37. The minimum Gasteiger partial charge on any atom is -0.508 e. The van der Waals surface area contributed by atoms with Crippen LogP contribution < -0.4 is 5.32 Å². The third-order valence-electron chi connectivity index (χ3n) is 3.34. The largest absolute Gasteiger partial charge is 0.508 e. The molecule has 0 aliphatic heterocycles. The molecular formula is C14H21NO. The van der Waals surface area contributed by atoms with Crippen molar-refractivity contribution >= 4 is 0 Å². The molecule has 0 radical (unpaired) electrons. The fourth-order valence-corrected chi connectivity index (χ4v) is 2.39. The van der Waals surface area contributed by atoms with Gasteiger partial charge in [-0.25, -0.2) is 0 Å². The predicted octanol–water partition coefficient (Wildman–Crippen LogP) is 2.50. The number of phenolic OH excluding ortho intramolecular Hbond substituents is 1. The van der Waals surface area contributed by atoms with Crippen LogP contribution in [0.4, 0.5) is 0 Å². The van der Waals surface area contributed by atoms with Crippen LogP contribution in [0, 0.1) is 5.92 Å². The molecular weight excluding hydrogens is 198 g/mol. The standard InChI is InChI=1S/C14H21NO/c1-10(2)15-9-11-3-4-13-8-14(16)6-5-12(13)7-11/h5-6,8,10-11,15-16H,3-4,7,9H2,1-2H3. The van der Waals surface area contributed by atoms with Crippen LogP contribution >= 0.6 is 0 Å². The van der Waals surface area contributed by atoms with E-state index in [0.717, 1.165) is 25.3 Å². The van der Waals surface area contributed by atoms with Crippen LogP contribution in [0.5, 0.6) is 5.75 Å². The Kier molecular flexibility index (Phi) is 3.49. The van der Waals surface area contributed by atoms with E-state index < -0.39 is 0 Å². The van der Waals surface area contributed by atoms with Crippen molar-refractivity contribution in [2.75, 3.05) is 6.54 Å². The highest BCUT2D eigenvalue weighted by Crippen LogP contribution is 2.27. The molecule has 0 saturated carbocycles. The maximum Gasteiger partial charge on any atom is 0.115 e. The Labute approximate surface area is 97.7 Å². The van der Waals surface area contributed by atoms with Gasteiger partial charge in [0, 0.05) is 6.04 Å². The van der Waals surface area contributed by atoms with Crippen LogP contribution in [0.25, 0.3) is 0 Å². The van der Waals surface area contributed by atoms with Crippen molar-refractivity contribution < 1.29 is 5.11 Å². The number of benzene rings is 1. The third kappa shape index (κ3) is 2.76. The molecule has 1 aliphatic carbocycles. The molecule has 0 amide bonds. The molecule has 2 heteroatoms. The monoisotopic (exact) mass is 219 g/mol. The Hall–Kier alpha value is -1.02. The van der Waals surface area contributed by atoms with E-state index in [1.165, 1.54) is 17.5 Å². The number of fused-ring (bicyclic) bond motifs is 1. The van der Waals surface area contributed by atoms with Gasteiger partial charge in [0.2, 0.25) is 0 Å². The average Bonchev–Trinajstić information content (AvgIpc) is 2.26. The van der Waals surface area contributed by atoms with Crippen LogP contribution in [-0.4, -0.2) is 17.7 Å². The average molecular weight is 219 g/mol. The first-order valence-electron chi connectivity index (χ1n) is 6.19. The zero-order valence-electron chi connectivity index (χ0n) is 10.2. The molecule has 0 saturated heterocycles. The highest BCUT2D eigenvalue weighted by molar-refractivity contribution is 5.36. The quantitative estimate of drug-likeness (QED) is 0.818. The number of aryl methyl sites for hydroxylation is 1. The van der Waals surface area contributed by atoms with Crippen molar-refractivity contribution in [2.24, 2.45) is 5.92 Å². The van der Waals surface area contributed by atoms with Crippen LogP contribution in [-0.2, 0) is 12.8 Å². The molecule has 1 aromatic rings. The second kappa shape index (κ2) is 4.88. The smallest absolute Gasteiger partial charge is 0.115 e. The van der Waals surface area contributed by atoms with Crippen molar-refractivity contribution in [2.45, 2.75) is 39.2 Å². The SMILES string of the molecule is CC(C)NCC1CCc2cc(O)ccc2C1. The highest BCUT2D eigenvalue weighted by Gasteiger charge is 2.18. The Morgan fingerprint density at radius 3 is 2.94 bits per heavy atom. The van der Waals surface area contributed by atoms with E-state index in [1.54, 1.807) is 6.07 Å². The first-order valence-corrected chi connectivity index (χ1v) is 6.19. The molecule has 88 valence electrons. The summed E-state index contributed by atoms with van der Waals surface area (Å²) in [4.78, 5) is 0. The second-order valence-corrected chi connectivity index (χ2v) is 5.12. The number of hydrogen-bond acceptors (Lipinski definition) is 2. The fourth-order valence-electron chi connectivity index (χ4n) is 2.39.